The molecular weight excluding hydrogens is 250 g/mol. The summed E-state index contributed by atoms with van der Waals surface area (Å²) in [7, 11) is 0.245. The number of carbonyl (C=O) groups excluding carboxylic acids is 1. The average Bonchev–Trinajstić information content (AvgIpc) is 2.36. The highest BCUT2D eigenvalue weighted by Crippen LogP contribution is 2.12. The van der Waals surface area contributed by atoms with Gasteiger partial charge in [-0.3, -0.25) is 4.79 Å². The molecule has 0 saturated heterocycles. The fraction of sp³-hybridized carbons (Fsp3) is 0.308. The van der Waals surface area contributed by atoms with E-state index in [2.05, 4.69) is 12.0 Å². The minimum atomic E-state index is -3.22. The zero-order chi connectivity index (χ0) is 13.8. The van der Waals surface area contributed by atoms with Crippen molar-refractivity contribution in [2.24, 2.45) is 0 Å². The number of hydrogen-bond acceptors (Lipinski definition) is 4. The van der Waals surface area contributed by atoms with Crippen molar-refractivity contribution in [3.05, 3.63) is 29.8 Å². The van der Waals surface area contributed by atoms with Crippen LogP contribution in [0.5, 0.6) is 0 Å². The molecule has 0 aromatic heterocycles. The van der Waals surface area contributed by atoms with Crippen LogP contribution in [0.4, 0.5) is 0 Å². The third-order valence-corrected chi connectivity index (χ3v) is 4.00. The van der Waals surface area contributed by atoms with Gasteiger partial charge in [0.25, 0.3) is 0 Å². The van der Waals surface area contributed by atoms with Crippen LogP contribution in [0.3, 0.4) is 0 Å². The Hall–Kier alpha value is -1.80. The number of rotatable bonds is 3. The molecule has 0 radical (unpaired) electrons. The lowest BCUT2D eigenvalue weighted by molar-refractivity contribution is 0.105. The lowest BCUT2D eigenvalue weighted by Gasteiger charge is -2.01. The molecule has 0 heterocycles. The maximum Gasteiger partial charge on any atom is 0.237 e. The molecule has 0 aliphatic rings. The third kappa shape index (κ3) is 3.60. The number of ketones is 1. The molecule has 18 heavy (non-hydrogen) atoms. The summed E-state index contributed by atoms with van der Waals surface area (Å²) in [5.41, 5.74) is 0.388. The minimum Gasteiger partial charge on any atom is -0.338 e. The summed E-state index contributed by atoms with van der Waals surface area (Å²) in [6.07, 6.45) is 0. The predicted molar refractivity (Wildman–Crippen MR) is 70.0 cm³/mol. The molecule has 4 nitrogen and oxygen atoms in total. The number of sulfone groups is 1. The number of benzene rings is 1. The molecule has 0 spiro atoms. The molecule has 1 rings (SSSR count). The van der Waals surface area contributed by atoms with Crippen LogP contribution in [0.15, 0.2) is 29.2 Å². The Balaban J connectivity index is 2.98. The van der Waals surface area contributed by atoms with Crippen LogP contribution >= 0.6 is 0 Å². The van der Waals surface area contributed by atoms with Crippen molar-refractivity contribution in [1.29, 1.82) is 0 Å². The molecule has 1 aromatic carbocycles. The molecule has 0 saturated carbocycles. The number of nitrogens with zero attached hydrogens (tertiary/aromatic N) is 1. The maximum atomic E-state index is 11.6. The fourth-order valence-corrected chi connectivity index (χ4v) is 2.10. The van der Waals surface area contributed by atoms with Crippen molar-refractivity contribution in [1.82, 2.24) is 4.90 Å². The Kier molecular flexibility index (Phi) is 4.51. The van der Waals surface area contributed by atoms with Crippen molar-refractivity contribution in [3.8, 4) is 12.0 Å². The van der Waals surface area contributed by atoms with Crippen molar-refractivity contribution in [2.45, 2.75) is 11.8 Å². The molecule has 5 heteroatoms. The first kappa shape index (κ1) is 14.3. The molecule has 0 bridgehead atoms. The SMILES string of the molecule is CCS(=O)(=O)c1ccc(C(=O)C#CN(C)C)cc1. The normalized spacial score (nSPS) is 10.4. The molecule has 0 aliphatic heterocycles. The van der Waals surface area contributed by atoms with Gasteiger partial charge in [0, 0.05) is 25.7 Å². The largest absolute Gasteiger partial charge is 0.338 e. The van der Waals surface area contributed by atoms with Crippen LogP contribution < -0.4 is 0 Å². The molecular formula is C13H15NO3S. The minimum absolute atomic E-state index is 0.0424. The predicted octanol–water partition coefficient (Wildman–Crippen LogP) is 1.19. The monoisotopic (exact) mass is 265 g/mol. The second kappa shape index (κ2) is 5.69. The van der Waals surface area contributed by atoms with E-state index < -0.39 is 9.84 Å². The summed E-state index contributed by atoms with van der Waals surface area (Å²) in [4.78, 5) is 13.4. The van der Waals surface area contributed by atoms with Crippen LogP contribution in [0.25, 0.3) is 0 Å². The lowest BCUT2D eigenvalue weighted by Crippen LogP contribution is -2.05. The molecule has 0 unspecified atom stereocenters. The van der Waals surface area contributed by atoms with Gasteiger partial charge in [0.2, 0.25) is 5.78 Å². The van der Waals surface area contributed by atoms with Crippen LogP contribution in [0, 0.1) is 12.0 Å². The van der Waals surface area contributed by atoms with E-state index in [0.29, 0.717) is 5.56 Å². The first-order valence-electron chi connectivity index (χ1n) is 5.43. The molecule has 96 valence electrons. The van der Waals surface area contributed by atoms with Gasteiger partial charge >= 0.3 is 0 Å². The van der Waals surface area contributed by atoms with E-state index in [4.69, 9.17) is 0 Å². The van der Waals surface area contributed by atoms with E-state index in [0.717, 1.165) is 0 Å². The van der Waals surface area contributed by atoms with Gasteiger partial charge in [-0.05, 0) is 30.2 Å². The van der Waals surface area contributed by atoms with Crippen molar-refractivity contribution in [2.75, 3.05) is 19.8 Å². The van der Waals surface area contributed by atoms with E-state index in [-0.39, 0.29) is 16.4 Å². The topological polar surface area (TPSA) is 54.5 Å². The first-order chi connectivity index (χ1) is 8.36. The van der Waals surface area contributed by atoms with Gasteiger partial charge in [0.1, 0.15) is 0 Å². The highest BCUT2D eigenvalue weighted by molar-refractivity contribution is 7.91. The van der Waals surface area contributed by atoms with Crippen molar-refractivity contribution >= 4 is 15.6 Å². The Morgan fingerprint density at radius 3 is 2.22 bits per heavy atom. The molecule has 0 atom stereocenters. The summed E-state index contributed by atoms with van der Waals surface area (Å²) in [6.45, 7) is 1.58. The van der Waals surface area contributed by atoms with Crippen LogP contribution in [-0.2, 0) is 9.84 Å². The van der Waals surface area contributed by atoms with Crippen LogP contribution in [0.2, 0.25) is 0 Å². The highest BCUT2D eigenvalue weighted by Gasteiger charge is 2.11. The Bertz CT molecular complexity index is 589. The summed E-state index contributed by atoms with van der Waals surface area (Å²) < 4.78 is 23.2. The summed E-state index contributed by atoms with van der Waals surface area (Å²) in [6, 6.07) is 8.45. The lowest BCUT2D eigenvalue weighted by atomic mass is 10.1. The average molecular weight is 265 g/mol. The number of hydrogen-bond donors (Lipinski definition) is 0. The summed E-state index contributed by atoms with van der Waals surface area (Å²) in [5, 5.41) is 0. The summed E-state index contributed by atoms with van der Waals surface area (Å²) >= 11 is 0. The Morgan fingerprint density at radius 2 is 1.78 bits per heavy atom. The van der Waals surface area contributed by atoms with Gasteiger partial charge < -0.3 is 4.90 Å². The third-order valence-electron chi connectivity index (χ3n) is 2.25. The zero-order valence-corrected chi connectivity index (χ0v) is 11.4. The van der Waals surface area contributed by atoms with Gasteiger partial charge in [-0.2, -0.15) is 0 Å². The van der Waals surface area contributed by atoms with E-state index in [1.54, 1.807) is 25.9 Å². The van der Waals surface area contributed by atoms with E-state index in [1.807, 2.05) is 0 Å². The van der Waals surface area contributed by atoms with E-state index >= 15 is 0 Å². The van der Waals surface area contributed by atoms with E-state index in [1.165, 1.54) is 24.3 Å². The maximum absolute atomic E-state index is 11.6. The first-order valence-corrected chi connectivity index (χ1v) is 7.08. The van der Waals surface area contributed by atoms with Crippen LogP contribution in [-0.4, -0.2) is 38.9 Å². The van der Waals surface area contributed by atoms with E-state index in [9.17, 15) is 13.2 Å². The quantitative estimate of drug-likeness (QED) is 0.468. The molecule has 0 N–H and O–H groups in total. The second-order valence-corrected chi connectivity index (χ2v) is 6.17. The zero-order valence-electron chi connectivity index (χ0n) is 10.6. The van der Waals surface area contributed by atoms with Crippen molar-refractivity contribution < 1.29 is 13.2 Å². The smallest absolute Gasteiger partial charge is 0.237 e. The van der Waals surface area contributed by atoms with Gasteiger partial charge in [0.05, 0.1) is 10.6 Å². The second-order valence-electron chi connectivity index (χ2n) is 3.89. The van der Waals surface area contributed by atoms with Gasteiger partial charge in [-0.25, -0.2) is 8.42 Å². The molecule has 0 amide bonds. The molecule has 0 aliphatic carbocycles. The Morgan fingerprint density at radius 1 is 1.22 bits per heavy atom. The standard InChI is InChI=1S/C13H15NO3S/c1-4-18(16,17)12-7-5-11(6-8-12)13(15)9-10-14(2)3/h5-8H,4H2,1-3H3. The fourth-order valence-electron chi connectivity index (χ4n) is 1.22. The van der Waals surface area contributed by atoms with Crippen LogP contribution in [0.1, 0.15) is 17.3 Å². The van der Waals surface area contributed by atoms with Gasteiger partial charge in [0.15, 0.2) is 9.84 Å². The highest BCUT2D eigenvalue weighted by atomic mass is 32.2. The van der Waals surface area contributed by atoms with Gasteiger partial charge in [-0.15, -0.1) is 0 Å². The van der Waals surface area contributed by atoms with Gasteiger partial charge in [-0.1, -0.05) is 6.92 Å². The Labute approximate surface area is 108 Å². The summed E-state index contributed by atoms with van der Waals surface area (Å²) in [5.74, 6) is 2.17. The van der Waals surface area contributed by atoms with Crippen molar-refractivity contribution in [3.63, 3.8) is 0 Å². The molecule has 1 aromatic rings. The number of carbonyl (C=O) groups is 1. The molecule has 0 fully saturated rings. The number of Topliss-reactive ketones (excluding diaryl/α,β-unsaturated/α-hetero) is 1.